The molecule has 0 aliphatic carbocycles. The van der Waals surface area contributed by atoms with Gasteiger partial charge in [-0.15, -0.1) is 0 Å². The van der Waals surface area contributed by atoms with Gasteiger partial charge in [0.1, 0.15) is 0 Å². The van der Waals surface area contributed by atoms with E-state index in [0.717, 1.165) is 0 Å². The van der Waals surface area contributed by atoms with Crippen LogP contribution in [0.2, 0.25) is 0 Å². The Bertz CT molecular complexity index is 444. The highest BCUT2D eigenvalue weighted by atomic mass is 16.2. The Morgan fingerprint density at radius 2 is 1.89 bits per heavy atom. The van der Waals surface area contributed by atoms with Crippen LogP contribution in [0.4, 0.5) is 10.5 Å². The van der Waals surface area contributed by atoms with Gasteiger partial charge in [0.05, 0.1) is 0 Å². The monoisotopic (exact) mass is 249 g/mol. The van der Waals surface area contributed by atoms with Crippen molar-refractivity contribution in [2.45, 2.75) is 26.8 Å². The van der Waals surface area contributed by atoms with Gasteiger partial charge in [0.2, 0.25) is 0 Å². The van der Waals surface area contributed by atoms with E-state index >= 15 is 0 Å². The molecule has 5 heteroatoms. The number of amides is 3. The normalized spacial score (nSPS) is 12.0. The number of hydrogen-bond acceptors (Lipinski definition) is 2. The zero-order chi connectivity index (χ0) is 13.7. The van der Waals surface area contributed by atoms with Crippen molar-refractivity contribution in [2.75, 3.05) is 5.32 Å². The number of benzene rings is 1. The number of nitrogens with two attached hydrogens (primary N) is 1. The Kier molecular flexibility index (Phi) is 4.71. The number of anilines is 1. The number of urea groups is 1. The van der Waals surface area contributed by atoms with Crippen molar-refractivity contribution in [1.29, 1.82) is 0 Å². The smallest absolute Gasteiger partial charge is 0.316 e. The predicted molar refractivity (Wildman–Crippen MR) is 71.4 cm³/mol. The summed E-state index contributed by atoms with van der Waals surface area (Å²) in [6.45, 7) is 6.03. The van der Waals surface area contributed by atoms with Crippen molar-refractivity contribution in [2.24, 2.45) is 11.7 Å². The van der Waals surface area contributed by atoms with Crippen LogP contribution in [0.1, 0.15) is 31.1 Å². The van der Waals surface area contributed by atoms with E-state index < -0.39 is 6.03 Å². The second-order valence-electron chi connectivity index (χ2n) is 4.58. The minimum atomic E-state index is -0.650. The van der Waals surface area contributed by atoms with Gasteiger partial charge < -0.3 is 16.4 Å². The molecule has 1 atom stereocenters. The van der Waals surface area contributed by atoms with Crippen molar-refractivity contribution in [3.63, 3.8) is 0 Å². The molecule has 5 nitrogen and oxygen atoms in total. The fraction of sp³-hybridized carbons (Fsp3) is 0.385. The summed E-state index contributed by atoms with van der Waals surface area (Å²) in [4.78, 5) is 22.7. The van der Waals surface area contributed by atoms with Crippen LogP contribution in [-0.2, 0) is 0 Å². The lowest BCUT2D eigenvalue weighted by Gasteiger charge is -2.17. The molecule has 0 heterocycles. The lowest BCUT2D eigenvalue weighted by Crippen LogP contribution is -2.36. The van der Waals surface area contributed by atoms with Crippen LogP contribution in [0, 0.1) is 5.92 Å². The number of rotatable bonds is 4. The van der Waals surface area contributed by atoms with Crippen LogP contribution in [0.15, 0.2) is 24.3 Å². The number of hydrogen-bond donors (Lipinski definition) is 3. The molecule has 0 saturated heterocycles. The first-order valence-corrected chi connectivity index (χ1v) is 5.87. The van der Waals surface area contributed by atoms with Crippen molar-refractivity contribution < 1.29 is 9.59 Å². The quantitative estimate of drug-likeness (QED) is 0.762. The maximum absolute atomic E-state index is 11.9. The summed E-state index contributed by atoms with van der Waals surface area (Å²) in [6.07, 6.45) is 0. The highest BCUT2D eigenvalue weighted by Gasteiger charge is 2.12. The molecule has 0 aliphatic rings. The average Bonchev–Trinajstić information content (AvgIpc) is 2.28. The largest absolute Gasteiger partial charge is 0.351 e. The Hall–Kier alpha value is -2.04. The number of carbonyl (C=O) groups excluding carboxylic acids is 2. The predicted octanol–water partition coefficient (Wildman–Crippen LogP) is 1.95. The van der Waals surface area contributed by atoms with Gasteiger partial charge in [0, 0.05) is 17.3 Å². The topological polar surface area (TPSA) is 84.2 Å². The van der Waals surface area contributed by atoms with Gasteiger partial charge in [-0.1, -0.05) is 19.9 Å². The van der Waals surface area contributed by atoms with Gasteiger partial charge in [0.25, 0.3) is 5.91 Å². The average molecular weight is 249 g/mol. The van der Waals surface area contributed by atoms with E-state index in [0.29, 0.717) is 17.2 Å². The Labute approximate surface area is 107 Å². The SMILES string of the molecule is CC(C)C(C)NC(=O)c1cccc(NC(N)=O)c1. The number of carbonyl (C=O) groups is 2. The van der Waals surface area contributed by atoms with Gasteiger partial charge in [-0.05, 0) is 31.0 Å². The number of nitrogens with one attached hydrogen (secondary N) is 2. The van der Waals surface area contributed by atoms with Crippen molar-refractivity contribution in [3.8, 4) is 0 Å². The molecule has 3 amide bonds. The van der Waals surface area contributed by atoms with E-state index in [4.69, 9.17) is 5.73 Å². The molecule has 0 aromatic heterocycles. The van der Waals surface area contributed by atoms with Gasteiger partial charge in [-0.3, -0.25) is 4.79 Å². The highest BCUT2D eigenvalue weighted by Crippen LogP contribution is 2.11. The third kappa shape index (κ3) is 4.08. The van der Waals surface area contributed by atoms with Crippen LogP contribution in [0.25, 0.3) is 0 Å². The maximum Gasteiger partial charge on any atom is 0.316 e. The molecule has 1 unspecified atom stereocenters. The standard InChI is InChI=1S/C13H19N3O2/c1-8(2)9(3)15-12(17)10-5-4-6-11(7-10)16-13(14)18/h4-9H,1-3H3,(H,15,17)(H3,14,16,18). The second-order valence-corrected chi connectivity index (χ2v) is 4.58. The first kappa shape index (κ1) is 14.0. The minimum absolute atomic E-state index is 0.0882. The fourth-order valence-electron chi connectivity index (χ4n) is 1.34. The summed E-state index contributed by atoms with van der Waals surface area (Å²) in [5.41, 5.74) is 6.02. The van der Waals surface area contributed by atoms with E-state index in [2.05, 4.69) is 10.6 Å². The molecule has 0 saturated carbocycles. The Morgan fingerprint density at radius 3 is 2.44 bits per heavy atom. The molecule has 1 rings (SSSR count). The fourth-order valence-corrected chi connectivity index (χ4v) is 1.34. The molecule has 0 radical (unpaired) electrons. The minimum Gasteiger partial charge on any atom is -0.351 e. The van der Waals surface area contributed by atoms with Crippen LogP contribution >= 0.6 is 0 Å². The zero-order valence-corrected chi connectivity index (χ0v) is 10.9. The molecule has 4 N–H and O–H groups in total. The Morgan fingerprint density at radius 1 is 1.22 bits per heavy atom. The molecular weight excluding hydrogens is 230 g/mol. The van der Waals surface area contributed by atoms with Crippen LogP contribution in [-0.4, -0.2) is 18.0 Å². The van der Waals surface area contributed by atoms with E-state index in [1.165, 1.54) is 0 Å². The van der Waals surface area contributed by atoms with Crippen molar-refractivity contribution >= 4 is 17.6 Å². The lowest BCUT2D eigenvalue weighted by atomic mass is 10.1. The van der Waals surface area contributed by atoms with Crippen LogP contribution in [0.3, 0.4) is 0 Å². The van der Waals surface area contributed by atoms with E-state index in [1.54, 1.807) is 24.3 Å². The van der Waals surface area contributed by atoms with E-state index in [9.17, 15) is 9.59 Å². The van der Waals surface area contributed by atoms with Crippen molar-refractivity contribution in [1.82, 2.24) is 5.32 Å². The van der Waals surface area contributed by atoms with Crippen molar-refractivity contribution in [3.05, 3.63) is 29.8 Å². The van der Waals surface area contributed by atoms with Gasteiger partial charge >= 0.3 is 6.03 Å². The summed E-state index contributed by atoms with van der Waals surface area (Å²) in [6, 6.07) is 6.09. The first-order chi connectivity index (χ1) is 8.40. The summed E-state index contributed by atoms with van der Waals surface area (Å²) < 4.78 is 0. The zero-order valence-electron chi connectivity index (χ0n) is 10.9. The molecule has 1 aromatic carbocycles. The molecule has 18 heavy (non-hydrogen) atoms. The van der Waals surface area contributed by atoms with Crippen LogP contribution < -0.4 is 16.4 Å². The Balaban J connectivity index is 2.77. The van der Waals surface area contributed by atoms with Gasteiger partial charge in [-0.2, -0.15) is 0 Å². The first-order valence-electron chi connectivity index (χ1n) is 5.87. The number of primary amides is 1. The molecule has 0 fully saturated rings. The molecule has 0 aliphatic heterocycles. The summed E-state index contributed by atoms with van der Waals surface area (Å²) in [7, 11) is 0. The highest BCUT2D eigenvalue weighted by molar-refractivity contribution is 5.96. The van der Waals surface area contributed by atoms with E-state index in [-0.39, 0.29) is 11.9 Å². The van der Waals surface area contributed by atoms with Gasteiger partial charge in [-0.25, -0.2) is 4.79 Å². The molecule has 0 spiro atoms. The van der Waals surface area contributed by atoms with E-state index in [1.807, 2.05) is 20.8 Å². The van der Waals surface area contributed by atoms with Gasteiger partial charge in [0.15, 0.2) is 0 Å². The molecule has 1 aromatic rings. The third-order valence-electron chi connectivity index (χ3n) is 2.75. The second kappa shape index (κ2) is 6.05. The van der Waals surface area contributed by atoms with Crippen LogP contribution in [0.5, 0.6) is 0 Å². The summed E-state index contributed by atoms with van der Waals surface area (Å²) in [5, 5.41) is 5.33. The summed E-state index contributed by atoms with van der Waals surface area (Å²) in [5.74, 6) is 0.199. The third-order valence-corrected chi connectivity index (χ3v) is 2.75. The molecule has 98 valence electrons. The summed E-state index contributed by atoms with van der Waals surface area (Å²) >= 11 is 0. The molecular formula is C13H19N3O2. The lowest BCUT2D eigenvalue weighted by molar-refractivity contribution is 0.0930. The molecule has 0 bridgehead atoms. The maximum atomic E-state index is 11.9.